The topological polar surface area (TPSA) is 44.5 Å². The van der Waals surface area contributed by atoms with Gasteiger partial charge in [-0.3, -0.25) is 4.90 Å². The summed E-state index contributed by atoms with van der Waals surface area (Å²) in [5, 5.41) is 10.7. The molecule has 0 saturated carbocycles. The van der Waals surface area contributed by atoms with E-state index in [-0.39, 0.29) is 0 Å². The van der Waals surface area contributed by atoms with Crippen LogP contribution in [0.1, 0.15) is 32.1 Å². The minimum absolute atomic E-state index is 0.376. The Morgan fingerprint density at radius 2 is 2.04 bits per heavy atom. The lowest BCUT2D eigenvalue weighted by Crippen LogP contribution is -2.42. The van der Waals surface area contributed by atoms with Gasteiger partial charge in [-0.15, -0.1) is 0 Å². The second kappa shape index (κ2) is 6.23. The molecule has 5 nitrogen and oxygen atoms in total. The summed E-state index contributed by atoms with van der Waals surface area (Å²) in [5.74, 6) is 1.09. The summed E-state index contributed by atoms with van der Waals surface area (Å²) in [5.41, 5.74) is 1.65. The number of aliphatic hydroxyl groups is 1. The monoisotopic (exact) mass is 316 g/mol. The molecule has 0 unspecified atom stereocenters. The highest BCUT2D eigenvalue weighted by Crippen LogP contribution is 2.26. The zero-order valence-corrected chi connectivity index (χ0v) is 14.7. The van der Waals surface area contributed by atoms with Crippen molar-refractivity contribution in [2.45, 2.75) is 38.5 Å². The van der Waals surface area contributed by atoms with Gasteiger partial charge < -0.3 is 14.6 Å². The molecule has 2 aromatic rings. The summed E-state index contributed by atoms with van der Waals surface area (Å²) in [6.07, 6.45) is 0.826. The van der Waals surface area contributed by atoms with Gasteiger partial charge in [0.15, 0.2) is 0 Å². The molecule has 1 aromatic heterocycles. The number of imidazole rings is 1. The Hall–Kier alpha value is -1.43. The number of nitrogens with zero attached hydrogens (tertiary/aromatic N) is 4. The minimum Gasteiger partial charge on any atom is -0.387 e. The maximum Gasteiger partial charge on any atom is 0.124 e. The highest BCUT2D eigenvalue weighted by molar-refractivity contribution is 5.76. The van der Waals surface area contributed by atoms with Crippen LogP contribution in [0.15, 0.2) is 24.3 Å². The second-order valence-corrected chi connectivity index (χ2v) is 7.40. The molecule has 1 atom stereocenters. The van der Waals surface area contributed by atoms with Crippen LogP contribution in [-0.2, 0) is 6.54 Å². The number of β-amino-alcohol motifs (C(OH)–C–C–N with tert-alkyl or cyclic N) is 1. The molecule has 1 fully saturated rings. The van der Waals surface area contributed by atoms with Crippen molar-refractivity contribution >= 4 is 11.0 Å². The molecule has 0 aliphatic carbocycles. The van der Waals surface area contributed by atoms with Gasteiger partial charge in [-0.05, 0) is 46.5 Å². The summed E-state index contributed by atoms with van der Waals surface area (Å²) >= 11 is 0. The van der Waals surface area contributed by atoms with E-state index in [1.807, 2.05) is 20.2 Å². The lowest BCUT2D eigenvalue weighted by atomic mass is 10.0. The average molecular weight is 316 g/mol. The fraction of sp³-hybridized carbons (Fsp3) is 0.611. The van der Waals surface area contributed by atoms with E-state index in [0.717, 1.165) is 30.9 Å². The van der Waals surface area contributed by atoms with Crippen molar-refractivity contribution in [2.75, 3.05) is 33.7 Å². The SMILES string of the molecule is CC(C)n1c(CN2CC[C@@](O)(CN(C)C)C2)nc2ccccc21. The standard InChI is InChI=1S/C18H28N4O/c1-14(2)22-16-8-6-5-7-15(16)19-17(22)11-21-10-9-18(23,13-21)12-20(3)4/h5-8,14,23H,9-13H2,1-4H3/t18-/m1/s1. The zero-order valence-electron chi connectivity index (χ0n) is 14.7. The first kappa shape index (κ1) is 16.4. The van der Waals surface area contributed by atoms with Crippen LogP contribution in [0.5, 0.6) is 0 Å². The Labute approximate surface area is 138 Å². The van der Waals surface area contributed by atoms with E-state index in [4.69, 9.17) is 4.98 Å². The molecule has 1 aromatic carbocycles. The number of rotatable bonds is 5. The van der Waals surface area contributed by atoms with Gasteiger partial charge in [0, 0.05) is 25.7 Å². The molecule has 5 heteroatoms. The largest absolute Gasteiger partial charge is 0.387 e. The molecule has 23 heavy (non-hydrogen) atoms. The van der Waals surface area contributed by atoms with Crippen LogP contribution < -0.4 is 0 Å². The summed E-state index contributed by atoms with van der Waals surface area (Å²) in [7, 11) is 4.03. The first-order valence-electron chi connectivity index (χ1n) is 8.43. The molecule has 2 heterocycles. The van der Waals surface area contributed by atoms with Crippen molar-refractivity contribution in [2.24, 2.45) is 0 Å². The highest BCUT2D eigenvalue weighted by atomic mass is 16.3. The van der Waals surface area contributed by atoms with E-state index < -0.39 is 5.60 Å². The molecular weight excluding hydrogens is 288 g/mol. The lowest BCUT2D eigenvalue weighted by molar-refractivity contribution is 0.0237. The molecule has 1 N–H and O–H groups in total. The summed E-state index contributed by atoms with van der Waals surface area (Å²) in [6, 6.07) is 8.69. The Morgan fingerprint density at radius 3 is 2.74 bits per heavy atom. The van der Waals surface area contributed by atoms with Crippen molar-refractivity contribution in [1.82, 2.24) is 19.4 Å². The van der Waals surface area contributed by atoms with Crippen LogP contribution in [0, 0.1) is 0 Å². The number of fused-ring (bicyclic) bond motifs is 1. The van der Waals surface area contributed by atoms with Crippen LogP contribution in [0.3, 0.4) is 0 Å². The first-order valence-corrected chi connectivity index (χ1v) is 8.43. The predicted molar refractivity (Wildman–Crippen MR) is 93.5 cm³/mol. The number of para-hydroxylation sites is 2. The average Bonchev–Trinajstić information content (AvgIpc) is 2.98. The molecule has 1 saturated heterocycles. The van der Waals surface area contributed by atoms with Crippen molar-refractivity contribution in [3.05, 3.63) is 30.1 Å². The summed E-state index contributed by atoms with van der Waals surface area (Å²) < 4.78 is 2.32. The molecule has 126 valence electrons. The molecule has 0 amide bonds. The quantitative estimate of drug-likeness (QED) is 0.918. The first-order chi connectivity index (χ1) is 10.9. The maximum absolute atomic E-state index is 10.7. The second-order valence-electron chi connectivity index (χ2n) is 7.40. The normalized spacial score (nSPS) is 22.7. The van der Waals surface area contributed by atoms with Crippen molar-refractivity contribution < 1.29 is 5.11 Å². The van der Waals surface area contributed by atoms with Crippen LogP contribution in [0.4, 0.5) is 0 Å². The molecule has 0 spiro atoms. The molecular formula is C18H28N4O. The van der Waals surface area contributed by atoms with Crippen molar-refractivity contribution in [3.8, 4) is 0 Å². The van der Waals surface area contributed by atoms with Gasteiger partial charge in [0.1, 0.15) is 5.82 Å². The van der Waals surface area contributed by atoms with Gasteiger partial charge in [0.05, 0.1) is 23.2 Å². The van der Waals surface area contributed by atoms with Crippen molar-refractivity contribution in [3.63, 3.8) is 0 Å². The number of likely N-dealkylation sites (N-methyl/N-ethyl adjacent to an activating group) is 1. The number of benzene rings is 1. The van der Waals surface area contributed by atoms with Gasteiger partial charge in [0.2, 0.25) is 0 Å². The lowest BCUT2D eigenvalue weighted by Gasteiger charge is -2.27. The van der Waals surface area contributed by atoms with E-state index >= 15 is 0 Å². The van der Waals surface area contributed by atoms with Crippen molar-refractivity contribution in [1.29, 1.82) is 0 Å². The fourth-order valence-corrected chi connectivity index (χ4v) is 3.78. The number of aromatic nitrogens is 2. The third kappa shape index (κ3) is 3.42. The van der Waals surface area contributed by atoms with E-state index in [1.165, 1.54) is 5.52 Å². The van der Waals surface area contributed by atoms with Gasteiger partial charge in [-0.25, -0.2) is 4.98 Å². The van der Waals surface area contributed by atoms with Gasteiger partial charge in [-0.2, -0.15) is 0 Å². The highest BCUT2D eigenvalue weighted by Gasteiger charge is 2.36. The number of hydrogen-bond donors (Lipinski definition) is 1. The third-order valence-electron chi connectivity index (χ3n) is 4.57. The Morgan fingerprint density at radius 1 is 1.30 bits per heavy atom. The zero-order chi connectivity index (χ0) is 16.6. The van der Waals surface area contributed by atoms with Crippen LogP contribution in [0.25, 0.3) is 11.0 Å². The van der Waals surface area contributed by atoms with Gasteiger partial charge >= 0.3 is 0 Å². The fourth-order valence-electron chi connectivity index (χ4n) is 3.78. The third-order valence-corrected chi connectivity index (χ3v) is 4.57. The van der Waals surface area contributed by atoms with E-state index in [2.05, 4.69) is 46.4 Å². The Bertz CT molecular complexity index is 679. The van der Waals surface area contributed by atoms with E-state index in [9.17, 15) is 5.11 Å². The molecule has 3 rings (SSSR count). The minimum atomic E-state index is -0.599. The van der Waals surface area contributed by atoms with Crippen LogP contribution in [-0.4, -0.2) is 63.8 Å². The van der Waals surface area contributed by atoms with Gasteiger partial charge in [-0.1, -0.05) is 12.1 Å². The van der Waals surface area contributed by atoms with Crippen LogP contribution >= 0.6 is 0 Å². The maximum atomic E-state index is 10.7. The molecule has 0 bridgehead atoms. The molecule has 0 radical (unpaired) electrons. The molecule has 1 aliphatic heterocycles. The number of hydrogen-bond acceptors (Lipinski definition) is 4. The van der Waals surface area contributed by atoms with E-state index in [1.54, 1.807) is 0 Å². The van der Waals surface area contributed by atoms with E-state index in [0.29, 0.717) is 19.1 Å². The number of likely N-dealkylation sites (tertiary alicyclic amines) is 1. The van der Waals surface area contributed by atoms with Crippen LogP contribution in [0.2, 0.25) is 0 Å². The summed E-state index contributed by atoms with van der Waals surface area (Å²) in [6.45, 7) is 7.54. The summed E-state index contributed by atoms with van der Waals surface area (Å²) in [4.78, 5) is 9.22. The smallest absolute Gasteiger partial charge is 0.124 e. The Balaban J connectivity index is 1.81. The predicted octanol–water partition coefficient (Wildman–Crippen LogP) is 2.12. The molecule has 1 aliphatic rings. The Kier molecular flexibility index (Phi) is 4.45. The van der Waals surface area contributed by atoms with Gasteiger partial charge in [0.25, 0.3) is 0 Å².